The summed E-state index contributed by atoms with van der Waals surface area (Å²) in [5.74, 6) is 0.184. The van der Waals surface area contributed by atoms with Gasteiger partial charge in [-0.3, -0.25) is 14.2 Å². The molecule has 118 valence electrons. The monoisotopic (exact) mass is 311 g/mol. The van der Waals surface area contributed by atoms with Crippen molar-refractivity contribution < 1.29 is 4.79 Å². The van der Waals surface area contributed by atoms with E-state index in [1.807, 2.05) is 20.8 Å². The molecule has 0 spiro atoms. The quantitative estimate of drug-likeness (QED) is 0.579. The molecule has 1 amide bonds. The van der Waals surface area contributed by atoms with Crippen molar-refractivity contribution in [3.05, 3.63) is 45.0 Å². The molecule has 0 atom stereocenters. The summed E-state index contributed by atoms with van der Waals surface area (Å²) in [6.45, 7) is 5.50. The fourth-order valence-corrected chi connectivity index (χ4v) is 3.47. The fourth-order valence-electron chi connectivity index (χ4n) is 3.47. The predicted octanol–water partition coefficient (Wildman–Crippen LogP) is 1.22. The average molecular weight is 311 g/mol. The number of hydrogen-bond donors (Lipinski definition) is 3. The number of carbonyl (C=O) groups excluding carboxylic acids is 1. The molecule has 2 aliphatic heterocycles. The Morgan fingerprint density at radius 3 is 2.83 bits per heavy atom. The zero-order valence-corrected chi connectivity index (χ0v) is 13.2. The molecule has 4 heterocycles. The third-order valence-corrected chi connectivity index (χ3v) is 4.58. The Balaban J connectivity index is 2.01. The molecule has 4 N–H and O–H groups in total. The van der Waals surface area contributed by atoms with Gasteiger partial charge in [-0.25, -0.2) is 4.98 Å². The molecule has 0 aromatic carbocycles. The molecule has 0 bridgehead atoms. The van der Waals surface area contributed by atoms with Crippen molar-refractivity contribution >= 4 is 23.1 Å². The molecule has 7 heteroatoms. The summed E-state index contributed by atoms with van der Waals surface area (Å²) in [5, 5.41) is 6.04. The van der Waals surface area contributed by atoms with Crippen LogP contribution in [-0.4, -0.2) is 15.5 Å². The van der Waals surface area contributed by atoms with Gasteiger partial charge in [0, 0.05) is 24.4 Å². The summed E-state index contributed by atoms with van der Waals surface area (Å²) in [4.78, 5) is 29.4. The number of fused-ring (bicyclic) bond motifs is 3. The minimum atomic E-state index is -0.748. The van der Waals surface area contributed by atoms with Crippen molar-refractivity contribution in [1.29, 1.82) is 0 Å². The topological polar surface area (TPSA) is 102 Å². The van der Waals surface area contributed by atoms with Gasteiger partial charge >= 0.3 is 0 Å². The first kappa shape index (κ1) is 13.8. The second-order valence-corrected chi connectivity index (χ2v) is 6.55. The smallest absolute Gasteiger partial charge is 0.277 e. The number of anilines is 3. The van der Waals surface area contributed by atoms with E-state index < -0.39 is 5.66 Å². The normalized spacial score (nSPS) is 16.9. The Hall–Kier alpha value is -2.83. The van der Waals surface area contributed by atoms with Gasteiger partial charge in [-0.2, -0.15) is 0 Å². The third kappa shape index (κ3) is 1.73. The molecule has 0 unspecified atom stereocenters. The van der Waals surface area contributed by atoms with Crippen molar-refractivity contribution in [3.8, 4) is 0 Å². The Kier molecular flexibility index (Phi) is 2.48. The lowest BCUT2D eigenvalue weighted by molar-refractivity contribution is 0.0934. The Bertz CT molecular complexity index is 942. The first-order valence-electron chi connectivity index (χ1n) is 7.42. The van der Waals surface area contributed by atoms with Gasteiger partial charge in [0.2, 0.25) is 0 Å². The maximum atomic E-state index is 13.0. The Morgan fingerprint density at radius 2 is 2.09 bits per heavy atom. The van der Waals surface area contributed by atoms with Gasteiger partial charge in [0.15, 0.2) is 0 Å². The van der Waals surface area contributed by atoms with Gasteiger partial charge in [0.1, 0.15) is 22.9 Å². The summed E-state index contributed by atoms with van der Waals surface area (Å²) in [6.07, 6.45) is 2.25. The van der Waals surface area contributed by atoms with Gasteiger partial charge in [-0.1, -0.05) is 0 Å². The second kappa shape index (κ2) is 4.13. The standard InChI is InChI=1S/C16H17N5O2/c1-7-9-4-8-6-18-11(17)5-10(8)19-12(9)15(23)21-13(7)14(22)20-16(21,2)3/h5-6,19H,4H2,1-3H3,(H2,17,18)(H,20,22). The number of pyridine rings is 2. The molecule has 7 nitrogen and oxygen atoms in total. The van der Waals surface area contributed by atoms with Crippen LogP contribution in [0.25, 0.3) is 0 Å². The van der Waals surface area contributed by atoms with Crippen molar-refractivity contribution in [3.63, 3.8) is 0 Å². The minimum absolute atomic E-state index is 0.204. The van der Waals surface area contributed by atoms with E-state index in [-0.39, 0.29) is 11.5 Å². The van der Waals surface area contributed by atoms with E-state index in [0.29, 0.717) is 23.6 Å². The van der Waals surface area contributed by atoms with Crippen LogP contribution in [-0.2, 0) is 12.1 Å². The van der Waals surface area contributed by atoms with Crippen LogP contribution in [0, 0.1) is 6.92 Å². The molecule has 2 aromatic heterocycles. The van der Waals surface area contributed by atoms with E-state index in [4.69, 9.17) is 5.73 Å². The molecular formula is C16H17N5O2. The zero-order valence-electron chi connectivity index (χ0n) is 13.2. The van der Waals surface area contributed by atoms with Crippen molar-refractivity contribution in [2.75, 3.05) is 11.1 Å². The molecule has 0 fully saturated rings. The molecule has 23 heavy (non-hydrogen) atoms. The highest BCUT2D eigenvalue weighted by atomic mass is 16.2. The highest BCUT2D eigenvalue weighted by Crippen LogP contribution is 2.36. The summed E-state index contributed by atoms with van der Waals surface area (Å²) in [6, 6.07) is 1.72. The highest BCUT2D eigenvalue weighted by molar-refractivity contribution is 5.97. The van der Waals surface area contributed by atoms with Crippen LogP contribution in [0.4, 0.5) is 17.2 Å². The first-order valence-corrected chi connectivity index (χ1v) is 7.42. The van der Waals surface area contributed by atoms with E-state index in [2.05, 4.69) is 15.6 Å². The lowest BCUT2D eigenvalue weighted by Crippen LogP contribution is -2.42. The van der Waals surface area contributed by atoms with E-state index in [0.717, 1.165) is 22.4 Å². The maximum Gasteiger partial charge on any atom is 0.277 e. The lowest BCUT2D eigenvalue weighted by Gasteiger charge is -2.27. The number of hydrogen-bond acceptors (Lipinski definition) is 5. The van der Waals surface area contributed by atoms with E-state index >= 15 is 0 Å². The van der Waals surface area contributed by atoms with Crippen LogP contribution >= 0.6 is 0 Å². The largest absolute Gasteiger partial charge is 0.384 e. The van der Waals surface area contributed by atoms with Gasteiger partial charge in [0.05, 0.1) is 0 Å². The van der Waals surface area contributed by atoms with Crippen LogP contribution in [0.5, 0.6) is 0 Å². The number of nitrogen functional groups attached to an aromatic ring is 1. The lowest BCUT2D eigenvalue weighted by atomic mass is 9.94. The van der Waals surface area contributed by atoms with Crippen LogP contribution in [0.1, 0.15) is 41.0 Å². The summed E-state index contributed by atoms with van der Waals surface area (Å²) in [7, 11) is 0. The number of amides is 1. The van der Waals surface area contributed by atoms with E-state index in [1.54, 1.807) is 12.3 Å². The number of aromatic nitrogens is 2. The number of carbonyl (C=O) groups is 1. The first-order chi connectivity index (χ1) is 10.8. The van der Waals surface area contributed by atoms with Crippen molar-refractivity contribution in [2.24, 2.45) is 0 Å². The van der Waals surface area contributed by atoms with Crippen molar-refractivity contribution in [1.82, 2.24) is 14.9 Å². The molecule has 0 aliphatic carbocycles. The number of nitrogens with zero attached hydrogens (tertiary/aromatic N) is 2. The van der Waals surface area contributed by atoms with Gasteiger partial charge in [-0.05, 0) is 37.5 Å². The zero-order chi connectivity index (χ0) is 16.5. The van der Waals surface area contributed by atoms with Gasteiger partial charge < -0.3 is 16.4 Å². The molecule has 2 aliphatic rings. The number of nitrogens with two attached hydrogens (primary N) is 1. The van der Waals surface area contributed by atoms with E-state index in [1.165, 1.54) is 4.57 Å². The minimum Gasteiger partial charge on any atom is -0.384 e. The van der Waals surface area contributed by atoms with Gasteiger partial charge in [0.25, 0.3) is 11.5 Å². The Morgan fingerprint density at radius 1 is 1.35 bits per heavy atom. The van der Waals surface area contributed by atoms with Crippen LogP contribution in [0.3, 0.4) is 0 Å². The fraction of sp³-hybridized carbons (Fsp3) is 0.312. The molecule has 0 saturated carbocycles. The Labute approximate surface area is 132 Å². The maximum absolute atomic E-state index is 13.0. The van der Waals surface area contributed by atoms with Gasteiger partial charge in [-0.15, -0.1) is 0 Å². The number of rotatable bonds is 0. The molecule has 0 saturated heterocycles. The summed E-state index contributed by atoms with van der Waals surface area (Å²) >= 11 is 0. The molecule has 0 radical (unpaired) electrons. The summed E-state index contributed by atoms with van der Waals surface area (Å²) < 4.78 is 1.53. The predicted molar refractivity (Wildman–Crippen MR) is 87.0 cm³/mol. The van der Waals surface area contributed by atoms with Crippen LogP contribution in [0.15, 0.2) is 17.1 Å². The number of nitrogens with one attached hydrogen (secondary N) is 2. The van der Waals surface area contributed by atoms with Crippen molar-refractivity contribution in [2.45, 2.75) is 32.9 Å². The SMILES string of the molecule is Cc1c2c(c(=O)n3c1C(=O)NC3(C)C)Nc1cc(N)ncc1C2. The average Bonchev–Trinajstić information content (AvgIpc) is 2.72. The van der Waals surface area contributed by atoms with Crippen LogP contribution < -0.4 is 21.9 Å². The molecule has 2 aromatic rings. The molecular weight excluding hydrogens is 294 g/mol. The third-order valence-electron chi connectivity index (χ3n) is 4.58. The molecule has 4 rings (SSSR count). The van der Waals surface area contributed by atoms with Crippen LogP contribution in [0.2, 0.25) is 0 Å². The second-order valence-electron chi connectivity index (χ2n) is 6.55. The van der Waals surface area contributed by atoms with E-state index in [9.17, 15) is 9.59 Å². The summed E-state index contributed by atoms with van der Waals surface area (Å²) in [5.41, 5.74) is 9.13. The highest BCUT2D eigenvalue weighted by Gasteiger charge is 2.39.